The highest BCUT2D eigenvalue weighted by atomic mass is 16.4. The summed E-state index contributed by atoms with van der Waals surface area (Å²) in [6, 6.07) is 7.95. The molecule has 3 rings (SSSR count). The van der Waals surface area contributed by atoms with Crippen molar-refractivity contribution >= 4 is 17.0 Å². The third-order valence-electron chi connectivity index (χ3n) is 4.05. The van der Waals surface area contributed by atoms with Crippen LogP contribution in [0.2, 0.25) is 0 Å². The van der Waals surface area contributed by atoms with Gasteiger partial charge < -0.3 is 5.11 Å². The molecule has 0 saturated heterocycles. The molecule has 23 heavy (non-hydrogen) atoms. The van der Waals surface area contributed by atoms with Gasteiger partial charge in [-0.25, -0.2) is 4.98 Å². The molecular weight excluding hydrogens is 294 g/mol. The molecule has 0 spiro atoms. The zero-order chi connectivity index (χ0) is 16.7. The SMILES string of the molecule is Cc1cccc(-n2c(C)c(C)c3c(=O)n(CC(=O)O)cnc32)c1. The molecule has 0 aliphatic carbocycles. The number of rotatable bonds is 3. The Morgan fingerprint density at radius 1 is 1.26 bits per heavy atom. The normalized spacial score (nSPS) is 11.1. The molecule has 0 aliphatic rings. The monoisotopic (exact) mass is 311 g/mol. The average molecular weight is 311 g/mol. The lowest BCUT2D eigenvalue weighted by Crippen LogP contribution is -2.24. The van der Waals surface area contributed by atoms with Gasteiger partial charge in [-0.3, -0.25) is 18.7 Å². The molecule has 0 saturated carbocycles. The van der Waals surface area contributed by atoms with Crippen LogP contribution in [0.4, 0.5) is 0 Å². The van der Waals surface area contributed by atoms with Gasteiger partial charge in [-0.15, -0.1) is 0 Å². The molecule has 2 aromatic heterocycles. The smallest absolute Gasteiger partial charge is 0.323 e. The van der Waals surface area contributed by atoms with Crippen LogP contribution in [-0.4, -0.2) is 25.2 Å². The Kier molecular flexibility index (Phi) is 3.52. The zero-order valence-electron chi connectivity index (χ0n) is 13.2. The molecule has 0 bridgehead atoms. The average Bonchev–Trinajstić information content (AvgIpc) is 2.74. The fourth-order valence-electron chi connectivity index (χ4n) is 2.83. The predicted molar refractivity (Wildman–Crippen MR) is 87.2 cm³/mol. The molecule has 3 aromatic rings. The Bertz CT molecular complexity index is 983. The Morgan fingerprint density at radius 2 is 2.00 bits per heavy atom. The number of benzene rings is 1. The number of aromatic nitrogens is 3. The number of hydrogen-bond acceptors (Lipinski definition) is 3. The topological polar surface area (TPSA) is 77.1 Å². The molecule has 6 heteroatoms. The molecule has 0 aliphatic heterocycles. The van der Waals surface area contributed by atoms with Crippen molar-refractivity contribution in [2.75, 3.05) is 0 Å². The summed E-state index contributed by atoms with van der Waals surface area (Å²) in [6.07, 6.45) is 1.30. The van der Waals surface area contributed by atoms with Crippen molar-refractivity contribution in [3.63, 3.8) is 0 Å². The summed E-state index contributed by atoms with van der Waals surface area (Å²) in [7, 11) is 0. The molecule has 6 nitrogen and oxygen atoms in total. The third-order valence-corrected chi connectivity index (χ3v) is 4.05. The summed E-state index contributed by atoms with van der Waals surface area (Å²) in [6.45, 7) is 5.40. The summed E-state index contributed by atoms with van der Waals surface area (Å²) >= 11 is 0. The fourth-order valence-corrected chi connectivity index (χ4v) is 2.83. The quantitative estimate of drug-likeness (QED) is 0.804. The van der Waals surface area contributed by atoms with E-state index in [-0.39, 0.29) is 5.56 Å². The first-order chi connectivity index (χ1) is 10.9. The van der Waals surface area contributed by atoms with Crippen LogP contribution in [0.15, 0.2) is 35.4 Å². The lowest BCUT2D eigenvalue weighted by molar-refractivity contribution is -0.137. The van der Waals surface area contributed by atoms with Gasteiger partial charge in [0.2, 0.25) is 0 Å². The van der Waals surface area contributed by atoms with Gasteiger partial charge in [0.15, 0.2) is 5.65 Å². The number of aliphatic carboxylic acids is 1. The lowest BCUT2D eigenvalue weighted by atomic mass is 10.2. The van der Waals surface area contributed by atoms with E-state index in [2.05, 4.69) is 4.98 Å². The first-order valence-electron chi connectivity index (χ1n) is 7.26. The number of aryl methyl sites for hydroxylation is 2. The van der Waals surface area contributed by atoms with Crippen molar-refractivity contribution in [2.24, 2.45) is 0 Å². The van der Waals surface area contributed by atoms with Crippen molar-refractivity contribution in [2.45, 2.75) is 27.3 Å². The highest BCUT2D eigenvalue weighted by Gasteiger charge is 2.18. The summed E-state index contributed by atoms with van der Waals surface area (Å²) < 4.78 is 3.06. The maximum atomic E-state index is 12.6. The molecule has 0 unspecified atom stereocenters. The number of carboxylic acid groups (broad SMARTS) is 1. The Labute approximate surface area is 132 Å². The first-order valence-corrected chi connectivity index (χ1v) is 7.26. The number of hydrogen-bond donors (Lipinski definition) is 1. The van der Waals surface area contributed by atoms with Gasteiger partial charge in [0.1, 0.15) is 12.9 Å². The summed E-state index contributed by atoms with van der Waals surface area (Å²) in [5, 5.41) is 9.37. The number of carbonyl (C=O) groups is 1. The van der Waals surface area contributed by atoms with Crippen LogP contribution in [0, 0.1) is 20.8 Å². The Morgan fingerprint density at radius 3 is 2.65 bits per heavy atom. The van der Waals surface area contributed by atoms with Gasteiger partial charge in [-0.05, 0) is 44.0 Å². The van der Waals surface area contributed by atoms with Crippen molar-refractivity contribution < 1.29 is 9.90 Å². The first kappa shape index (κ1) is 15.0. The van der Waals surface area contributed by atoms with Gasteiger partial charge in [0, 0.05) is 11.4 Å². The Hall–Kier alpha value is -2.89. The van der Waals surface area contributed by atoms with Crippen molar-refractivity contribution in [1.82, 2.24) is 14.1 Å². The second-order valence-electron chi connectivity index (χ2n) is 5.65. The van der Waals surface area contributed by atoms with E-state index in [9.17, 15) is 9.59 Å². The van der Waals surface area contributed by atoms with Gasteiger partial charge in [0.25, 0.3) is 5.56 Å². The minimum Gasteiger partial charge on any atom is -0.480 e. The van der Waals surface area contributed by atoms with Crippen molar-refractivity contribution in [3.05, 3.63) is 57.8 Å². The molecule has 0 amide bonds. The van der Waals surface area contributed by atoms with E-state index >= 15 is 0 Å². The molecule has 0 radical (unpaired) electrons. The molecule has 2 heterocycles. The summed E-state index contributed by atoms with van der Waals surface area (Å²) in [5.74, 6) is -1.07. The number of nitrogens with zero attached hydrogens (tertiary/aromatic N) is 3. The van der Waals surface area contributed by atoms with Crippen LogP contribution in [0.25, 0.3) is 16.7 Å². The minimum absolute atomic E-state index is 0.329. The second kappa shape index (κ2) is 5.39. The second-order valence-corrected chi connectivity index (χ2v) is 5.65. The van der Waals surface area contributed by atoms with E-state index in [1.165, 1.54) is 6.33 Å². The van der Waals surface area contributed by atoms with E-state index in [0.29, 0.717) is 11.0 Å². The van der Waals surface area contributed by atoms with E-state index < -0.39 is 12.5 Å². The van der Waals surface area contributed by atoms with Gasteiger partial charge in [-0.2, -0.15) is 0 Å². The van der Waals surface area contributed by atoms with Gasteiger partial charge in [-0.1, -0.05) is 12.1 Å². The maximum absolute atomic E-state index is 12.6. The number of fused-ring (bicyclic) bond motifs is 1. The van der Waals surface area contributed by atoms with E-state index in [1.54, 1.807) is 0 Å². The van der Waals surface area contributed by atoms with Crippen molar-refractivity contribution in [3.8, 4) is 5.69 Å². The Balaban J connectivity index is 2.34. The molecule has 0 atom stereocenters. The van der Waals surface area contributed by atoms with Gasteiger partial charge in [0.05, 0.1) is 5.39 Å². The molecule has 1 N–H and O–H groups in total. The minimum atomic E-state index is -1.07. The van der Waals surface area contributed by atoms with Gasteiger partial charge >= 0.3 is 5.97 Å². The van der Waals surface area contributed by atoms with Crippen LogP contribution in [-0.2, 0) is 11.3 Å². The highest BCUT2D eigenvalue weighted by Crippen LogP contribution is 2.25. The van der Waals surface area contributed by atoms with Crippen LogP contribution < -0.4 is 5.56 Å². The van der Waals surface area contributed by atoms with E-state index in [1.807, 2.05) is 49.6 Å². The van der Waals surface area contributed by atoms with Crippen LogP contribution in [0.5, 0.6) is 0 Å². The molecule has 1 aromatic carbocycles. The highest BCUT2D eigenvalue weighted by molar-refractivity contribution is 5.83. The summed E-state index contributed by atoms with van der Waals surface area (Å²) in [4.78, 5) is 27.8. The zero-order valence-corrected chi connectivity index (χ0v) is 13.2. The third kappa shape index (κ3) is 2.42. The molecular formula is C17H17N3O3. The summed E-state index contributed by atoms with van der Waals surface area (Å²) in [5.41, 5.74) is 4.01. The van der Waals surface area contributed by atoms with Crippen LogP contribution in [0.3, 0.4) is 0 Å². The largest absolute Gasteiger partial charge is 0.480 e. The van der Waals surface area contributed by atoms with Crippen LogP contribution >= 0.6 is 0 Å². The standard InChI is InChI=1S/C17H17N3O3/c1-10-5-4-6-13(7-10)20-12(3)11(2)15-16(20)18-9-19(17(15)23)8-14(21)22/h4-7,9H,8H2,1-3H3,(H,21,22). The van der Waals surface area contributed by atoms with E-state index in [0.717, 1.165) is 27.1 Å². The lowest BCUT2D eigenvalue weighted by Gasteiger charge is -2.09. The maximum Gasteiger partial charge on any atom is 0.323 e. The number of carboxylic acids is 1. The molecule has 0 fully saturated rings. The van der Waals surface area contributed by atoms with Crippen LogP contribution in [0.1, 0.15) is 16.8 Å². The fraction of sp³-hybridized carbons (Fsp3) is 0.235. The predicted octanol–water partition coefficient (Wildman–Crippen LogP) is 2.20. The van der Waals surface area contributed by atoms with E-state index in [4.69, 9.17) is 5.11 Å². The molecule has 118 valence electrons. The van der Waals surface area contributed by atoms with Crippen molar-refractivity contribution in [1.29, 1.82) is 0 Å².